The maximum Gasteiger partial charge on any atom is 0.208 e. The molecule has 0 amide bonds. The summed E-state index contributed by atoms with van der Waals surface area (Å²) in [5, 5.41) is 12.6. The number of anilines is 1. The molecule has 23 heavy (non-hydrogen) atoms. The minimum absolute atomic E-state index is 0.447. The van der Waals surface area contributed by atoms with Crippen molar-refractivity contribution in [2.45, 2.75) is 6.92 Å². The first-order valence-electron chi connectivity index (χ1n) is 7.53. The Morgan fingerprint density at radius 1 is 1.17 bits per heavy atom. The maximum absolute atomic E-state index is 11.1. The summed E-state index contributed by atoms with van der Waals surface area (Å²) in [6.45, 7) is 6.53. The average molecular weight is 339 g/mol. The van der Waals surface area contributed by atoms with Crippen molar-refractivity contribution in [3.63, 3.8) is 0 Å². The van der Waals surface area contributed by atoms with E-state index < -0.39 is 10.0 Å². The number of rotatable bonds is 5. The summed E-state index contributed by atoms with van der Waals surface area (Å²) < 4.78 is 26.4. The zero-order valence-corrected chi connectivity index (χ0v) is 14.1. The Morgan fingerprint density at radius 2 is 1.91 bits per heavy atom. The maximum atomic E-state index is 11.1. The van der Waals surface area contributed by atoms with Gasteiger partial charge in [0.25, 0.3) is 0 Å². The molecule has 0 radical (unpaired) electrons. The van der Waals surface area contributed by atoms with E-state index in [1.165, 1.54) is 6.26 Å². The van der Waals surface area contributed by atoms with Gasteiger partial charge in [-0.1, -0.05) is 0 Å². The standard InChI is InChI=1S/C13H21N7O2S/c1-11-15-16-12-3-4-13(17-20(11)12)19-9-7-18(8-10-19)6-5-14-23(2,21)22/h3-4,14H,5-10H2,1-2H3. The van der Waals surface area contributed by atoms with Crippen LogP contribution in [0.2, 0.25) is 0 Å². The van der Waals surface area contributed by atoms with Crippen LogP contribution in [0.3, 0.4) is 0 Å². The summed E-state index contributed by atoms with van der Waals surface area (Å²) in [6.07, 6.45) is 1.18. The second-order valence-electron chi connectivity index (χ2n) is 5.70. The predicted octanol–water partition coefficient (Wildman–Crippen LogP) is -0.896. The molecule has 1 saturated heterocycles. The fourth-order valence-corrected chi connectivity index (χ4v) is 3.11. The third-order valence-corrected chi connectivity index (χ3v) is 4.62. The van der Waals surface area contributed by atoms with Gasteiger partial charge in [0.05, 0.1) is 6.26 Å². The lowest BCUT2D eigenvalue weighted by molar-refractivity contribution is 0.261. The van der Waals surface area contributed by atoms with Crippen LogP contribution in [0.25, 0.3) is 5.65 Å². The molecule has 0 saturated carbocycles. The van der Waals surface area contributed by atoms with Gasteiger partial charge in [-0.15, -0.1) is 15.3 Å². The highest BCUT2D eigenvalue weighted by atomic mass is 32.2. The van der Waals surface area contributed by atoms with E-state index in [0.29, 0.717) is 6.54 Å². The number of fused-ring (bicyclic) bond motifs is 1. The second-order valence-corrected chi connectivity index (χ2v) is 7.54. The van der Waals surface area contributed by atoms with E-state index in [9.17, 15) is 8.42 Å². The normalized spacial score (nSPS) is 17.0. The molecule has 0 atom stereocenters. The lowest BCUT2D eigenvalue weighted by Gasteiger charge is -2.35. The van der Waals surface area contributed by atoms with Crippen LogP contribution >= 0.6 is 0 Å². The van der Waals surface area contributed by atoms with Crippen molar-refractivity contribution < 1.29 is 8.42 Å². The van der Waals surface area contributed by atoms with Crippen molar-refractivity contribution >= 4 is 21.5 Å². The van der Waals surface area contributed by atoms with Gasteiger partial charge in [0.2, 0.25) is 10.0 Å². The first-order chi connectivity index (χ1) is 10.9. The Hall–Kier alpha value is -1.78. The van der Waals surface area contributed by atoms with Crippen molar-refractivity contribution in [1.82, 2.24) is 29.4 Å². The van der Waals surface area contributed by atoms with E-state index in [4.69, 9.17) is 0 Å². The van der Waals surface area contributed by atoms with Crippen LogP contribution in [0.4, 0.5) is 5.82 Å². The van der Waals surface area contributed by atoms with E-state index in [1.54, 1.807) is 4.52 Å². The van der Waals surface area contributed by atoms with Crippen LogP contribution < -0.4 is 9.62 Å². The molecule has 0 aliphatic carbocycles. The number of aromatic nitrogens is 4. The van der Waals surface area contributed by atoms with E-state index in [0.717, 1.165) is 50.0 Å². The van der Waals surface area contributed by atoms with Crippen LogP contribution in [0.1, 0.15) is 5.82 Å². The largest absolute Gasteiger partial charge is 0.353 e. The Kier molecular flexibility index (Phi) is 4.46. The third-order valence-electron chi connectivity index (χ3n) is 3.89. The molecule has 10 heteroatoms. The first-order valence-corrected chi connectivity index (χ1v) is 9.42. The highest BCUT2D eigenvalue weighted by molar-refractivity contribution is 7.88. The lowest BCUT2D eigenvalue weighted by atomic mass is 10.3. The van der Waals surface area contributed by atoms with Gasteiger partial charge in [-0.2, -0.15) is 4.52 Å². The van der Waals surface area contributed by atoms with Gasteiger partial charge in [-0.3, -0.25) is 4.90 Å². The number of hydrogen-bond donors (Lipinski definition) is 1. The van der Waals surface area contributed by atoms with Gasteiger partial charge in [0.15, 0.2) is 11.5 Å². The minimum atomic E-state index is -3.11. The third kappa shape index (κ3) is 3.95. The van der Waals surface area contributed by atoms with Crippen LogP contribution in [0.15, 0.2) is 12.1 Å². The fourth-order valence-electron chi connectivity index (χ4n) is 2.64. The van der Waals surface area contributed by atoms with Gasteiger partial charge in [0, 0.05) is 39.3 Å². The Labute approximate surface area is 135 Å². The number of piperazine rings is 1. The molecule has 1 fully saturated rings. The quantitative estimate of drug-likeness (QED) is 0.754. The predicted molar refractivity (Wildman–Crippen MR) is 87.0 cm³/mol. The lowest BCUT2D eigenvalue weighted by Crippen LogP contribution is -2.48. The smallest absolute Gasteiger partial charge is 0.208 e. The second kappa shape index (κ2) is 6.38. The number of aryl methyl sites for hydroxylation is 1. The molecule has 0 aromatic carbocycles. The molecule has 2 aromatic rings. The van der Waals surface area contributed by atoms with Gasteiger partial charge in [-0.25, -0.2) is 13.1 Å². The summed E-state index contributed by atoms with van der Waals surface area (Å²) in [6, 6.07) is 3.88. The SMILES string of the molecule is Cc1nnc2ccc(N3CCN(CCNS(C)(=O)=O)CC3)nn12. The van der Waals surface area contributed by atoms with Crippen molar-refractivity contribution in [2.24, 2.45) is 0 Å². The molecule has 0 spiro atoms. The van der Waals surface area contributed by atoms with Crippen molar-refractivity contribution in [3.8, 4) is 0 Å². The number of nitrogens with one attached hydrogen (secondary N) is 1. The van der Waals surface area contributed by atoms with Crippen molar-refractivity contribution in [3.05, 3.63) is 18.0 Å². The number of sulfonamides is 1. The highest BCUT2D eigenvalue weighted by Gasteiger charge is 2.18. The van der Waals surface area contributed by atoms with Gasteiger partial charge < -0.3 is 4.90 Å². The van der Waals surface area contributed by atoms with Crippen molar-refractivity contribution in [2.75, 3.05) is 50.4 Å². The molecule has 0 bridgehead atoms. The van der Waals surface area contributed by atoms with Crippen molar-refractivity contribution in [1.29, 1.82) is 0 Å². The number of hydrogen-bond acceptors (Lipinski definition) is 7. The van der Waals surface area contributed by atoms with Gasteiger partial charge >= 0.3 is 0 Å². The van der Waals surface area contributed by atoms with E-state index in [-0.39, 0.29) is 0 Å². The minimum Gasteiger partial charge on any atom is -0.353 e. The zero-order chi connectivity index (χ0) is 16.4. The zero-order valence-electron chi connectivity index (χ0n) is 13.3. The van der Waals surface area contributed by atoms with Crippen LogP contribution in [-0.4, -0.2) is 78.7 Å². The molecule has 0 unspecified atom stereocenters. The van der Waals surface area contributed by atoms with E-state index in [1.807, 2.05) is 19.1 Å². The molecule has 126 valence electrons. The molecule has 1 N–H and O–H groups in total. The van der Waals surface area contributed by atoms with Crippen LogP contribution in [0, 0.1) is 6.92 Å². The topological polar surface area (TPSA) is 95.7 Å². The highest BCUT2D eigenvalue weighted by Crippen LogP contribution is 2.14. The molecule has 1 aliphatic rings. The van der Waals surface area contributed by atoms with Gasteiger partial charge in [0.1, 0.15) is 5.82 Å². The average Bonchev–Trinajstić information content (AvgIpc) is 2.88. The molecule has 3 rings (SSSR count). The van der Waals surface area contributed by atoms with Gasteiger partial charge in [-0.05, 0) is 19.1 Å². The first kappa shape index (κ1) is 16.1. The Morgan fingerprint density at radius 3 is 2.61 bits per heavy atom. The van der Waals surface area contributed by atoms with Crippen LogP contribution in [0.5, 0.6) is 0 Å². The summed E-state index contributed by atoms with van der Waals surface area (Å²) in [5.74, 6) is 1.68. The monoisotopic (exact) mass is 339 g/mol. The number of nitrogens with zero attached hydrogens (tertiary/aromatic N) is 6. The molecular formula is C13H21N7O2S. The fraction of sp³-hybridized carbons (Fsp3) is 0.615. The summed E-state index contributed by atoms with van der Waals surface area (Å²) in [7, 11) is -3.11. The Bertz CT molecular complexity index is 781. The van der Waals surface area contributed by atoms with E-state index >= 15 is 0 Å². The molecule has 1 aliphatic heterocycles. The molecular weight excluding hydrogens is 318 g/mol. The molecule has 3 heterocycles. The summed E-state index contributed by atoms with van der Waals surface area (Å²) in [4.78, 5) is 4.47. The summed E-state index contributed by atoms with van der Waals surface area (Å²) >= 11 is 0. The summed E-state index contributed by atoms with van der Waals surface area (Å²) in [5.41, 5.74) is 0.747. The van der Waals surface area contributed by atoms with Crippen LogP contribution in [-0.2, 0) is 10.0 Å². The van der Waals surface area contributed by atoms with E-state index in [2.05, 4.69) is 29.8 Å². The molecule has 9 nitrogen and oxygen atoms in total. The molecule has 2 aromatic heterocycles. The Balaban J connectivity index is 1.56.